The number of rotatable bonds is 1. The highest BCUT2D eigenvalue weighted by atomic mass is 16.2. The summed E-state index contributed by atoms with van der Waals surface area (Å²) >= 11 is 0. The van der Waals surface area contributed by atoms with Crippen molar-refractivity contribution in [1.82, 2.24) is 4.90 Å². The Morgan fingerprint density at radius 2 is 1.93 bits per heavy atom. The Labute approximate surface area is 85.3 Å². The van der Waals surface area contributed by atoms with Gasteiger partial charge >= 0.3 is 0 Å². The number of hydrogen-bond donors (Lipinski definition) is 0. The fourth-order valence-corrected chi connectivity index (χ4v) is 2.14. The molecule has 0 aromatic carbocycles. The predicted octanol–water partition coefficient (Wildman–Crippen LogP) is 2.62. The summed E-state index contributed by atoms with van der Waals surface area (Å²) in [5.74, 6) is 0.274. The van der Waals surface area contributed by atoms with Crippen molar-refractivity contribution in [3.63, 3.8) is 0 Å². The van der Waals surface area contributed by atoms with Crippen LogP contribution in [0.4, 0.5) is 0 Å². The third-order valence-corrected chi connectivity index (χ3v) is 3.05. The quantitative estimate of drug-likeness (QED) is 0.624. The number of hydrogen-bond acceptors (Lipinski definition) is 1. The average Bonchev–Trinajstić information content (AvgIpc) is 2.56. The summed E-state index contributed by atoms with van der Waals surface area (Å²) in [6.07, 6.45) is 8.47. The topological polar surface area (TPSA) is 20.3 Å². The maximum absolute atomic E-state index is 11.4. The van der Waals surface area contributed by atoms with E-state index in [9.17, 15) is 4.79 Å². The molecule has 2 nitrogen and oxygen atoms in total. The van der Waals surface area contributed by atoms with Gasteiger partial charge < -0.3 is 4.90 Å². The average molecular weight is 191 g/mol. The van der Waals surface area contributed by atoms with E-state index in [4.69, 9.17) is 0 Å². The van der Waals surface area contributed by atoms with Crippen molar-refractivity contribution in [2.75, 3.05) is 6.54 Å². The lowest BCUT2D eigenvalue weighted by atomic mass is 9.91. The summed E-state index contributed by atoms with van der Waals surface area (Å²) < 4.78 is 0. The van der Waals surface area contributed by atoms with E-state index in [1.54, 1.807) is 0 Å². The second-order valence-electron chi connectivity index (χ2n) is 4.16. The highest BCUT2D eigenvalue weighted by molar-refractivity contribution is 5.79. The van der Waals surface area contributed by atoms with Crippen LogP contribution in [0.15, 0.2) is 23.9 Å². The van der Waals surface area contributed by atoms with Crippen LogP contribution in [0.5, 0.6) is 0 Å². The molecule has 1 aliphatic carbocycles. The molecule has 1 saturated heterocycles. The molecule has 0 unspecified atom stereocenters. The van der Waals surface area contributed by atoms with E-state index < -0.39 is 0 Å². The van der Waals surface area contributed by atoms with Gasteiger partial charge in [0.05, 0.1) is 0 Å². The largest absolute Gasteiger partial charge is 0.319 e. The molecule has 0 atom stereocenters. The van der Waals surface area contributed by atoms with E-state index in [0.29, 0.717) is 0 Å². The molecule has 2 rings (SSSR count). The van der Waals surface area contributed by atoms with E-state index >= 15 is 0 Å². The van der Waals surface area contributed by atoms with Gasteiger partial charge in [0, 0.05) is 19.2 Å². The summed E-state index contributed by atoms with van der Waals surface area (Å²) in [5, 5.41) is 0. The fraction of sp³-hybridized carbons (Fsp3) is 0.583. The lowest BCUT2D eigenvalue weighted by molar-refractivity contribution is -0.125. The number of amides is 1. The summed E-state index contributed by atoms with van der Waals surface area (Å²) in [7, 11) is 0. The minimum Gasteiger partial charge on any atom is -0.319 e. The van der Waals surface area contributed by atoms with Gasteiger partial charge in [-0.05, 0) is 37.7 Å². The van der Waals surface area contributed by atoms with Crippen LogP contribution in [0.25, 0.3) is 0 Å². The third kappa shape index (κ3) is 1.89. The molecule has 1 heterocycles. The van der Waals surface area contributed by atoms with Gasteiger partial charge in [-0.25, -0.2) is 0 Å². The van der Waals surface area contributed by atoms with Crippen molar-refractivity contribution in [3.8, 4) is 0 Å². The second-order valence-corrected chi connectivity index (χ2v) is 4.16. The zero-order valence-corrected chi connectivity index (χ0v) is 8.59. The molecule has 0 aromatic rings. The molecule has 0 N–H and O–H groups in total. The standard InChI is InChI=1S/C12H17NO/c1-10-5-2-3-6-11(10)9-13-8-4-7-12(13)14/h9H,1-8H2/b11-9+. The molecule has 2 aliphatic rings. The first-order chi connectivity index (χ1) is 6.77. The van der Waals surface area contributed by atoms with Gasteiger partial charge in [-0.15, -0.1) is 0 Å². The third-order valence-electron chi connectivity index (χ3n) is 3.05. The van der Waals surface area contributed by atoms with Crippen molar-refractivity contribution in [2.45, 2.75) is 38.5 Å². The van der Waals surface area contributed by atoms with Crippen LogP contribution in [0.3, 0.4) is 0 Å². The molecule has 0 bridgehead atoms. The van der Waals surface area contributed by atoms with Crippen molar-refractivity contribution in [3.05, 3.63) is 23.9 Å². The Hall–Kier alpha value is -1.05. The van der Waals surface area contributed by atoms with E-state index in [0.717, 1.165) is 32.2 Å². The number of likely N-dealkylation sites (tertiary alicyclic amines) is 1. The summed E-state index contributed by atoms with van der Waals surface area (Å²) in [6, 6.07) is 0. The predicted molar refractivity (Wildman–Crippen MR) is 56.6 cm³/mol. The van der Waals surface area contributed by atoms with Crippen LogP contribution in [-0.2, 0) is 4.79 Å². The number of nitrogens with zero attached hydrogens (tertiary/aromatic N) is 1. The van der Waals surface area contributed by atoms with Gasteiger partial charge in [0.1, 0.15) is 0 Å². The Bertz CT molecular complexity index is 291. The van der Waals surface area contributed by atoms with E-state index in [1.165, 1.54) is 24.0 Å². The zero-order chi connectivity index (χ0) is 9.97. The van der Waals surface area contributed by atoms with Crippen LogP contribution in [-0.4, -0.2) is 17.4 Å². The lowest BCUT2D eigenvalue weighted by Gasteiger charge is -2.19. The normalized spacial score (nSPS) is 26.3. The molecule has 0 spiro atoms. The molecular formula is C12H17NO. The van der Waals surface area contributed by atoms with Crippen LogP contribution >= 0.6 is 0 Å². The Balaban J connectivity index is 2.08. The molecule has 14 heavy (non-hydrogen) atoms. The Morgan fingerprint density at radius 1 is 1.14 bits per heavy atom. The smallest absolute Gasteiger partial charge is 0.226 e. The summed E-state index contributed by atoms with van der Waals surface area (Å²) in [6.45, 7) is 4.95. The van der Waals surface area contributed by atoms with Gasteiger partial charge in [0.2, 0.25) is 5.91 Å². The number of allylic oxidation sites excluding steroid dienone is 2. The molecule has 2 heteroatoms. The van der Waals surface area contributed by atoms with E-state index in [1.807, 2.05) is 11.1 Å². The van der Waals surface area contributed by atoms with Crippen LogP contribution in [0, 0.1) is 0 Å². The van der Waals surface area contributed by atoms with Gasteiger partial charge in [-0.1, -0.05) is 12.2 Å². The lowest BCUT2D eigenvalue weighted by Crippen LogP contribution is -2.19. The first kappa shape index (κ1) is 9.50. The van der Waals surface area contributed by atoms with Crippen molar-refractivity contribution in [1.29, 1.82) is 0 Å². The van der Waals surface area contributed by atoms with Crippen molar-refractivity contribution in [2.24, 2.45) is 0 Å². The van der Waals surface area contributed by atoms with Crippen LogP contribution < -0.4 is 0 Å². The van der Waals surface area contributed by atoms with Gasteiger partial charge in [0.15, 0.2) is 0 Å². The molecule has 1 saturated carbocycles. The van der Waals surface area contributed by atoms with Crippen LogP contribution in [0.1, 0.15) is 38.5 Å². The molecule has 1 amide bonds. The Kier molecular flexibility index (Phi) is 2.71. The van der Waals surface area contributed by atoms with Gasteiger partial charge in [0.25, 0.3) is 0 Å². The Morgan fingerprint density at radius 3 is 2.57 bits per heavy atom. The molecule has 0 radical (unpaired) electrons. The SMILES string of the molecule is C=C1CCCC/C1=C\N1CCCC1=O. The minimum absolute atomic E-state index is 0.274. The maximum atomic E-state index is 11.4. The van der Waals surface area contributed by atoms with Crippen molar-refractivity contribution < 1.29 is 4.79 Å². The minimum atomic E-state index is 0.274. The summed E-state index contributed by atoms with van der Waals surface area (Å²) in [4.78, 5) is 13.3. The maximum Gasteiger partial charge on any atom is 0.226 e. The first-order valence-corrected chi connectivity index (χ1v) is 5.46. The highest BCUT2D eigenvalue weighted by Crippen LogP contribution is 2.28. The van der Waals surface area contributed by atoms with Gasteiger partial charge in [-0.2, -0.15) is 0 Å². The zero-order valence-electron chi connectivity index (χ0n) is 8.59. The van der Waals surface area contributed by atoms with Crippen molar-refractivity contribution >= 4 is 5.91 Å². The summed E-state index contributed by atoms with van der Waals surface area (Å²) in [5.41, 5.74) is 2.53. The molecule has 76 valence electrons. The molecule has 0 aromatic heterocycles. The second kappa shape index (κ2) is 3.99. The first-order valence-electron chi connectivity index (χ1n) is 5.46. The van der Waals surface area contributed by atoms with E-state index in [-0.39, 0.29) is 5.91 Å². The highest BCUT2D eigenvalue weighted by Gasteiger charge is 2.19. The molecule has 2 fully saturated rings. The number of carbonyl (C=O) groups is 1. The molecular weight excluding hydrogens is 174 g/mol. The van der Waals surface area contributed by atoms with Crippen LogP contribution in [0.2, 0.25) is 0 Å². The fourth-order valence-electron chi connectivity index (χ4n) is 2.14. The molecule has 1 aliphatic heterocycles. The number of carbonyl (C=O) groups excluding carboxylic acids is 1. The van der Waals surface area contributed by atoms with Gasteiger partial charge in [-0.3, -0.25) is 4.79 Å². The monoisotopic (exact) mass is 191 g/mol. The van der Waals surface area contributed by atoms with E-state index in [2.05, 4.69) is 6.58 Å².